The van der Waals surface area contributed by atoms with Crippen molar-refractivity contribution in [2.24, 2.45) is 11.1 Å². The van der Waals surface area contributed by atoms with Crippen molar-refractivity contribution in [1.82, 2.24) is 0 Å². The molecule has 0 aromatic heterocycles. The topological polar surface area (TPSA) is 26.0 Å². The predicted molar refractivity (Wildman–Crippen MR) is 81.7 cm³/mol. The fraction of sp³-hybridized carbons (Fsp3) is 0.625. The number of aryl methyl sites for hydroxylation is 2. The number of hydrogen-bond donors (Lipinski definition) is 1. The molecule has 0 saturated heterocycles. The van der Waals surface area contributed by atoms with E-state index in [1.54, 1.807) is 0 Å². The van der Waals surface area contributed by atoms with Crippen molar-refractivity contribution in [3.63, 3.8) is 0 Å². The van der Waals surface area contributed by atoms with Crippen LogP contribution in [0.3, 0.4) is 0 Å². The molecule has 0 spiro atoms. The smallest absolute Gasteiger partial charge is 0.0352 e. The fourth-order valence-electron chi connectivity index (χ4n) is 3.18. The Morgan fingerprint density at radius 1 is 1.11 bits per heavy atom. The van der Waals surface area contributed by atoms with Gasteiger partial charge in [0.05, 0.1) is 0 Å². The highest BCUT2D eigenvalue weighted by molar-refractivity contribution is 9.10. The molecule has 2 rings (SSSR count). The molecule has 18 heavy (non-hydrogen) atoms. The normalized spacial score (nSPS) is 20.7. The third-order valence-electron chi connectivity index (χ3n) is 4.63. The largest absolute Gasteiger partial charge is 0.323 e. The highest BCUT2D eigenvalue weighted by Gasteiger charge is 2.34. The van der Waals surface area contributed by atoms with E-state index in [9.17, 15) is 0 Å². The predicted octanol–water partition coefficient (Wildman–Crippen LogP) is 5.04. The summed E-state index contributed by atoms with van der Waals surface area (Å²) >= 11 is 3.60. The number of halogens is 1. The monoisotopic (exact) mass is 309 g/mol. The molecule has 1 nitrogen and oxygen atoms in total. The fourth-order valence-corrected chi connectivity index (χ4v) is 3.64. The van der Waals surface area contributed by atoms with Crippen molar-refractivity contribution in [3.05, 3.63) is 33.3 Å². The maximum atomic E-state index is 6.61. The van der Waals surface area contributed by atoms with Crippen LogP contribution in [0, 0.1) is 19.3 Å². The molecule has 2 heteroatoms. The van der Waals surface area contributed by atoms with Gasteiger partial charge in [0.15, 0.2) is 0 Å². The number of benzene rings is 1. The van der Waals surface area contributed by atoms with Crippen LogP contribution < -0.4 is 5.73 Å². The minimum Gasteiger partial charge on any atom is -0.323 e. The highest BCUT2D eigenvalue weighted by atomic mass is 79.9. The van der Waals surface area contributed by atoms with Gasteiger partial charge in [-0.05, 0) is 54.9 Å². The van der Waals surface area contributed by atoms with E-state index in [1.807, 2.05) is 0 Å². The number of hydrogen-bond acceptors (Lipinski definition) is 1. The molecule has 0 bridgehead atoms. The van der Waals surface area contributed by atoms with Gasteiger partial charge in [-0.3, -0.25) is 0 Å². The van der Waals surface area contributed by atoms with Crippen LogP contribution in [-0.2, 0) is 0 Å². The number of rotatable bonds is 2. The molecule has 0 aliphatic heterocycles. The average Bonchev–Trinajstić information content (AvgIpc) is 2.34. The van der Waals surface area contributed by atoms with Gasteiger partial charge < -0.3 is 5.73 Å². The molecule has 1 aliphatic rings. The molecule has 2 N–H and O–H groups in total. The van der Waals surface area contributed by atoms with Crippen LogP contribution in [0.25, 0.3) is 0 Å². The Balaban J connectivity index is 2.33. The summed E-state index contributed by atoms with van der Waals surface area (Å²) in [7, 11) is 0. The summed E-state index contributed by atoms with van der Waals surface area (Å²) < 4.78 is 1.18. The highest BCUT2D eigenvalue weighted by Crippen LogP contribution is 2.45. The molecule has 0 heterocycles. The van der Waals surface area contributed by atoms with E-state index in [-0.39, 0.29) is 11.5 Å². The van der Waals surface area contributed by atoms with E-state index in [0.717, 1.165) is 0 Å². The zero-order valence-electron chi connectivity index (χ0n) is 11.7. The molecule has 0 radical (unpaired) electrons. The molecule has 1 aliphatic carbocycles. The van der Waals surface area contributed by atoms with Gasteiger partial charge in [0.1, 0.15) is 0 Å². The van der Waals surface area contributed by atoms with Crippen molar-refractivity contribution >= 4 is 15.9 Å². The molecular weight excluding hydrogens is 286 g/mol. The third-order valence-corrected chi connectivity index (χ3v) is 5.48. The maximum absolute atomic E-state index is 6.61. The van der Waals surface area contributed by atoms with Crippen LogP contribution in [0.5, 0.6) is 0 Å². The van der Waals surface area contributed by atoms with Gasteiger partial charge in [-0.25, -0.2) is 0 Å². The molecule has 1 fully saturated rings. The summed E-state index contributed by atoms with van der Waals surface area (Å²) in [6.07, 6.45) is 6.57. The zero-order valence-corrected chi connectivity index (χ0v) is 13.3. The Kier molecular flexibility index (Phi) is 4.18. The summed E-state index contributed by atoms with van der Waals surface area (Å²) in [5.41, 5.74) is 10.8. The van der Waals surface area contributed by atoms with Crippen molar-refractivity contribution in [2.45, 2.75) is 58.9 Å². The SMILES string of the molecule is Cc1cc(C(N)C2(C)CCCCC2)c(C)cc1Br. The van der Waals surface area contributed by atoms with Crippen molar-refractivity contribution < 1.29 is 0 Å². The van der Waals surface area contributed by atoms with Crippen molar-refractivity contribution in [2.75, 3.05) is 0 Å². The second-order valence-electron chi connectivity index (χ2n) is 6.15. The van der Waals surface area contributed by atoms with Crippen LogP contribution in [0.1, 0.15) is 61.8 Å². The van der Waals surface area contributed by atoms with Crippen LogP contribution in [0.2, 0.25) is 0 Å². The molecule has 1 saturated carbocycles. The molecule has 100 valence electrons. The van der Waals surface area contributed by atoms with E-state index >= 15 is 0 Å². The van der Waals surface area contributed by atoms with Crippen LogP contribution in [0.4, 0.5) is 0 Å². The van der Waals surface area contributed by atoms with Crippen molar-refractivity contribution in [1.29, 1.82) is 0 Å². The first kappa shape index (κ1) is 14.1. The Hall–Kier alpha value is -0.340. The van der Waals surface area contributed by atoms with Crippen LogP contribution in [-0.4, -0.2) is 0 Å². The zero-order chi connectivity index (χ0) is 13.3. The molecule has 0 amide bonds. The summed E-state index contributed by atoms with van der Waals surface area (Å²) in [6.45, 7) is 6.68. The van der Waals surface area contributed by atoms with Crippen LogP contribution in [0.15, 0.2) is 16.6 Å². The first-order valence-electron chi connectivity index (χ1n) is 6.96. The Morgan fingerprint density at radius 2 is 1.72 bits per heavy atom. The maximum Gasteiger partial charge on any atom is 0.0352 e. The van der Waals surface area contributed by atoms with Gasteiger partial charge in [-0.15, -0.1) is 0 Å². The lowest BCUT2D eigenvalue weighted by atomic mass is 9.68. The Labute approximate surface area is 119 Å². The van der Waals surface area contributed by atoms with E-state index in [1.165, 1.54) is 53.3 Å². The summed E-state index contributed by atoms with van der Waals surface area (Å²) in [4.78, 5) is 0. The Bertz CT molecular complexity index is 433. The Morgan fingerprint density at radius 3 is 2.33 bits per heavy atom. The quantitative estimate of drug-likeness (QED) is 0.814. The molecule has 1 aromatic rings. The van der Waals surface area contributed by atoms with E-state index in [4.69, 9.17) is 5.73 Å². The van der Waals surface area contributed by atoms with E-state index in [0.29, 0.717) is 0 Å². The molecular formula is C16H24BrN. The summed E-state index contributed by atoms with van der Waals surface area (Å²) in [5, 5.41) is 0. The first-order valence-corrected chi connectivity index (χ1v) is 7.75. The second-order valence-corrected chi connectivity index (χ2v) is 7.00. The minimum absolute atomic E-state index is 0.171. The van der Waals surface area contributed by atoms with Gasteiger partial charge in [-0.2, -0.15) is 0 Å². The third kappa shape index (κ3) is 2.65. The van der Waals surface area contributed by atoms with Gasteiger partial charge in [0, 0.05) is 10.5 Å². The standard InChI is InChI=1S/C16H24BrN/c1-11-10-14(17)12(2)9-13(11)15(18)16(3)7-5-4-6-8-16/h9-10,15H,4-8,18H2,1-3H3. The summed E-state index contributed by atoms with van der Waals surface area (Å²) in [5.74, 6) is 0. The van der Waals surface area contributed by atoms with Crippen LogP contribution >= 0.6 is 15.9 Å². The van der Waals surface area contributed by atoms with E-state index < -0.39 is 0 Å². The van der Waals surface area contributed by atoms with Gasteiger partial charge in [0.25, 0.3) is 0 Å². The number of nitrogens with two attached hydrogens (primary N) is 1. The van der Waals surface area contributed by atoms with Gasteiger partial charge in [-0.1, -0.05) is 48.2 Å². The van der Waals surface area contributed by atoms with Gasteiger partial charge >= 0.3 is 0 Å². The van der Waals surface area contributed by atoms with E-state index in [2.05, 4.69) is 48.8 Å². The molecule has 1 aromatic carbocycles. The lowest BCUT2D eigenvalue weighted by Crippen LogP contribution is -2.34. The summed E-state index contributed by atoms with van der Waals surface area (Å²) in [6, 6.07) is 4.64. The lowest BCUT2D eigenvalue weighted by Gasteiger charge is -2.39. The average molecular weight is 310 g/mol. The second kappa shape index (κ2) is 5.34. The minimum atomic E-state index is 0.171. The van der Waals surface area contributed by atoms with Crippen molar-refractivity contribution in [3.8, 4) is 0 Å². The lowest BCUT2D eigenvalue weighted by molar-refractivity contribution is 0.170. The molecule has 1 atom stereocenters. The molecule has 1 unspecified atom stereocenters. The van der Waals surface area contributed by atoms with Gasteiger partial charge in [0.2, 0.25) is 0 Å². The first-order chi connectivity index (χ1) is 8.44.